The van der Waals surface area contributed by atoms with Crippen LogP contribution in [0.25, 0.3) is 0 Å². The van der Waals surface area contributed by atoms with Crippen molar-refractivity contribution >= 4 is 23.6 Å². The van der Waals surface area contributed by atoms with Crippen molar-refractivity contribution in [3.05, 3.63) is 65.2 Å². The highest BCUT2D eigenvalue weighted by atomic mass is 32.2. The molecule has 1 N–H and O–H groups in total. The first-order valence-corrected chi connectivity index (χ1v) is 10.2. The lowest BCUT2D eigenvalue weighted by atomic mass is 10.1. The van der Waals surface area contributed by atoms with E-state index in [-0.39, 0.29) is 11.8 Å². The van der Waals surface area contributed by atoms with E-state index in [0.29, 0.717) is 18.8 Å². The van der Waals surface area contributed by atoms with E-state index in [1.54, 1.807) is 11.8 Å². The highest BCUT2D eigenvalue weighted by Gasteiger charge is 2.26. The number of nitrogens with one attached hydrogen (secondary N) is 1. The molecule has 2 aromatic carbocycles. The molecule has 5 heteroatoms. The molecule has 0 radical (unpaired) electrons. The van der Waals surface area contributed by atoms with Gasteiger partial charge in [-0.25, -0.2) is 0 Å². The SMILES string of the molecule is CCNC(=O)[C@H](C)N(Cc1ccccc1C)C(=O)CSc1ccc(C)cc1. The summed E-state index contributed by atoms with van der Waals surface area (Å²) in [6.07, 6.45) is 0. The fourth-order valence-corrected chi connectivity index (χ4v) is 3.52. The lowest BCUT2D eigenvalue weighted by Crippen LogP contribution is -2.48. The molecule has 144 valence electrons. The number of likely N-dealkylation sites (N-methyl/N-ethyl adjacent to an activating group) is 1. The molecule has 0 unspecified atom stereocenters. The zero-order chi connectivity index (χ0) is 19.8. The minimum Gasteiger partial charge on any atom is -0.355 e. The van der Waals surface area contributed by atoms with Crippen LogP contribution in [0.4, 0.5) is 0 Å². The van der Waals surface area contributed by atoms with Crippen LogP contribution < -0.4 is 5.32 Å². The van der Waals surface area contributed by atoms with Crippen molar-refractivity contribution in [3.63, 3.8) is 0 Å². The lowest BCUT2D eigenvalue weighted by Gasteiger charge is -2.29. The van der Waals surface area contributed by atoms with Gasteiger partial charge in [0.25, 0.3) is 0 Å². The van der Waals surface area contributed by atoms with Crippen molar-refractivity contribution in [1.82, 2.24) is 10.2 Å². The van der Waals surface area contributed by atoms with Gasteiger partial charge in [-0.15, -0.1) is 11.8 Å². The molecular weight excluding hydrogens is 356 g/mol. The topological polar surface area (TPSA) is 49.4 Å². The smallest absolute Gasteiger partial charge is 0.242 e. The van der Waals surface area contributed by atoms with E-state index in [4.69, 9.17) is 0 Å². The van der Waals surface area contributed by atoms with Crippen molar-refractivity contribution in [2.24, 2.45) is 0 Å². The van der Waals surface area contributed by atoms with Gasteiger partial charge in [-0.1, -0.05) is 42.0 Å². The maximum absolute atomic E-state index is 13.0. The standard InChI is InChI=1S/C22H28N2O2S/c1-5-23-22(26)18(4)24(14-19-9-7-6-8-17(19)3)21(25)15-27-20-12-10-16(2)11-13-20/h6-13,18H,5,14-15H2,1-4H3,(H,23,26)/t18-/m0/s1. The Morgan fingerprint density at radius 1 is 1.07 bits per heavy atom. The van der Waals surface area contributed by atoms with Crippen LogP contribution in [-0.4, -0.2) is 35.1 Å². The summed E-state index contributed by atoms with van der Waals surface area (Å²) in [4.78, 5) is 28.1. The van der Waals surface area contributed by atoms with Gasteiger partial charge in [0.05, 0.1) is 5.75 Å². The van der Waals surface area contributed by atoms with Gasteiger partial charge < -0.3 is 10.2 Å². The number of aryl methyl sites for hydroxylation is 2. The monoisotopic (exact) mass is 384 g/mol. The van der Waals surface area contributed by atoms with Crippen LogP contribution in [-0.2, 0) is 16.1 Å². The van der Waals surface area contributed by atoms with Crippen LogP contribution in [0.2, 0.25) is 0 Å². The van der Waals surface area contributed by atoms with Crippen LogP contribution in [0, 0.1) is 13.8 Å². The summed E-state index contributed by atoms with van der Waals surface area (Å²) in [5.74, 6) is 0.140. The fourth-order valence-electron chi connectivity index (χ4n) is 2.74. The molecule has 0 heterocycles. The van der Waals surface area contributed by atoms with E-state index >= 15 is 0 Å². The summed E-state index contributed by atoms with van der Waals surface area (Å²) in [6.45, 7) is 8.71. The highest BCUT2D eigenvalue weighted by Crippen LogP contribution is 2.21. The third-order valence-corrected chi connectivity index (χ3v) is 5.50. The number of thioether (sulfide) groups is 1. The largest absolute Gasteiger partial charge is 0.355 e. The van der Waals surface area contributed by atoms with Crippen LogP contribution in [0.1, 0.15) is 30.5 Å². The van der Waals surface area contributed by atoms with Crippen molar-refractivity contribution in [2.75, 3.05) is 12.3 Å². The third kappa shape index (κ3) is 6.14. The highest BCUT2D eigenvalue weighted by molar-refractivity contribution is 8.00. The number of hydrogen-bond acceptors (Lipinski definition) is 3. The average Bonchev–Trinajstić information content (AvgIpc) is 2.66. The van der Waals surface area contributed by atoms with Crippen LogP contribution in [0.5, 0.6) is 0 Å². The molecule has 4 nitrogen and oxygen atoms in total. The summed E-state index contributed by atoms with van der Waals surface area (Å²) in [5, 5.41) is 2.82. The molecule has 1 atom stereocenters. The van der Waals surface area contributed by atoms with Gasteiger partial charge in [-0.05, 0) is 51.0 Å². The number of benzene rings is 2. The molecule has 2 rings (SSSR count). The van der Waals surface area contributed by atoms with Crippen LogP contribution >= 0.6 is 11.8 Å². The minimum atomic E-state index is -0.518. The van der Waals surface area contributed by atoms with E-state index in [9.17, 15) is 9.59 Å². The molecule has 0 saturated heterocycles. The van der Waals surface area contributed by atoms with Gasteiger partial charge in [0.1, 0.15) is 6.04 Å². The predicted octanol–water partition coefficient (Wildman–Crippen LogP) is 3.95. The Balaban J connectivity index is 2.14. The maximum atomic E-state index is 13.0. The van der Waals surface area contributed by atoms with Gasteiger partial charge in [0.2, 0.25) is 11.8 Å². The molecule has 0 fully saturated rings. The van der Waals surface area contributed by atoms with E-state index < -0.39 is 6.04 Å². The number of carbonyl (C=O) groups excluding carboxylic acids is 2. The van der Waals surface area contributed by atoms with Gasteiger partial charge in [-0.3, -0.25) is 9.59 Å². The second kappa shape index (κ2) is 10.2. The molecule has 0 aliphatic carbocycles. The Labute approximate surface area is 166 Å². The second-order valence-corrected chi connectivity index (χ2v) is 7.67. The fraction of sp³-hybridized carbons (Fsp3) is 0.364. The van der Waals surface area contributed by atoms with Gasteiger partial charge in [0, 0.05) is 18.0 Å². The Bertz CT molecular complexity index is 774. The molecule has 27 heavy (non-hydrogen) atoms. The average molecular weight is 385 g/mol. The molecule has 2 amide bonds. The Kier molecular flexibility index (Phi) is 7.92. The zero-order valence-corrected chi connectivity index (χ0v) is 17.3. The molecular formula is C22H28N2O2S. The van der Waals surface area contributed by atoms with Crippen LogP contribution in [0.3, 0.4) is 0 Å². The van der Waals surface area contributed by atoms with Gasteiger partial charge in [-0.2, -0.15) is 0 Å². The minimum absolute atomic E-state index is 0.0393. The Morgan fingerprint density at radius 3 is 2.37 bits per heavy atom. The third-order valence-electron chi connectivity index (χ3n) is 4.50. The summed E-state index contributed by atoms with van der Waals surface area (Å²) in [6, 6.07) is 15.6. The Hall–Kier alpha value is -2.27. The van der Waals surface area contributed by atoms with E-state index in [1.165, 1.54) is 17.3 Å². The maximum Gasteiger partial charge on any atom is 0.242 e. The first-order valence-electron chi connectivity index (χ1n) is 9.23. The molecule has 0 bridgehead atoms. The summed E-state index contributed by atoms with van der Waals surface area (Å²) < 4.78 is 0. The molecule has 0 aromatic heterocycles. The number of rotatable bonds is 8. The van der Waals surface area contributed by atoms with E-state index in [0.717, 1.165) is 16.0 Å². The van der Waals surface area contributed by atoms with Crippen molar-refractivity contribution < 1.29 is 9.59 Å². The normalized spacial score (nSPS) is 11.7. The van der Waals surface area contributed by atoms with Crippen molar-refractivity contribution in [1.29, 1.82) is 0 Å². The summed E-state index contributed by atoms with van der Waals surface area (Å²) in [5.41, 5.74) is 3.36. The predicted molar refractivity (Wildman–Crippen MR) is 112 cm³/mol. The van der Waals surface area contributed by atoms with E-state index in [1.807, 2.05) is 69.3 Å². The van der Waals surface area contributed by atoms with Gasteiger partial charge >= 0.3 is 0 Å². The first-order chi connectivity index (χ1) is 12.9. The Morgan fingerprint density at radius 2 is 1.74 bits per heavy atom. The molecule has 0 aliphatic rings. The van der Waals surface area contributed by atoms with Gasteiger partial charge in [0.15, 0.2) is 0 Å². The van der Waals surface area contributed by atoms with Crippen molar-refractivity contribution in [2.45, 2.75) is 45.2 Å². The van der Waals surface area contributed by atoms with E-state index in [2.05, 4.69) is 5.32 Å². The van der Waals surface area contributed by atoms with Crippen molar-refractivity contribution in [3.8, 4) is 0 Å². The zero-order valence-electron chi connectivity index (χ0n) is 16.5. The molecule has 0 saturated carbocycles. The quantitative estimate of drug-likeness (QED) is 0.701. The molecule has 0 spiro atoms. The first kappa shape index (κ1) is 21.0. The number of amides is 2. The second-order valence-electron chi connectivity index (χ2n) is 6.62. The number of nitrogens with zero attached hydrogens (tertiary/aromatic N) is 1. The molecule has 2 aromatic rings. The summed E-state index contributed by atoms with van der Waals surface area (Å²) in [7, 11) is 0. The number of carbonyl (C=O) groups is 2. The molecule has 0 aliphatic heterocycles. The van der Waals surface area contributed by atoms with Crippen LogP contribution in [0.15, 0.2) is 53.4 Å². The lowest BCUT2D eigenvalue weighted by molar-refractivity contribution is -0.138. The summed E-state index contributed by atoms with van der Waals surface area (Å²) >= 11 is 1.50. The number of hydrogen-bond donors (Lipinski definition) is 1.